The molecule has 2 aromatic carbocycles. The van der Waals surface area contributed by atoms with Gasteiger partial charge in [0.05, 0.1) is 23.8 Å². The molecule has 0 fully saturated rings. The number of amides is 1. The van der Waals surface area contributed by atoms with Crippen LogP contribution in [0.1, 0.15) is 18.1 Å². The third-order valence-electron chi connectivity index (χ3n) is 3.79. The molecule has 3 rings (SSSR count). The summed E-state index contributed by atoms with van der Waals surface area (Å²) < 4.78 is 0. The molecule has 3 aromatic rings. The first-order valence-corrected chi connectivity index (χ1v) is 7.50. The largest absolute Gasteiger partial charge is 0.345 e. The van der Waals surface area contributed by atoms with Crippen LogP contribution >= 0.6 is 0 Å². The first-order chi connectivity index (χ1) is 10.8. The molecular formula is C18H19N3O. The predicted octanol–water partition coefficient (Wildman–Crippen LogP) is 3.15. The van der Waals surface area contributed by atoms with Crippen molar-refractivity contribution in [3.05, 3.63) is 66.0 Å². The van der Waals surface area contributed by atoms with Gasteiger partial charge >= 0.3 is 0 Å². The second kappa shape index (κ2) is 6.43. The fourth-order valence-corrected chi connectivity index (χ4v) is 2.56. The molecule has 0 saturated heterocycles. The lowest BCUT2D eigenvalue weighted by atomic mass is 10.1. The van der Waals surface area contributed by atoms with Crippen LogP contribution in [0.5, 0.6) is 0 Å². The number of imidazole rings is 1. The number of aromatic amines is 1. The summed E-state index contributed by atoms with van der Waals surface area (Å²) in [5.74, 6) is 0.144. The standard InChI is InChI=1S/C18H19N3O/c1-2-21(12-14-6-4-3-5-7-14)18(22)11-15-8-9-16-17(10-15)20-13-19-16/h3-10,13H,2,11-12H2,1H3,(H,19,20). The highest BCUT2D eigenvalue weighted by molar-refractivity contribution is 5.81. The van der Waals surface area contributed by atoms with Crippen molar-refractivity contribution in [1.29, 1.82) is 0 Å². The first-order valence-electron chi connectivity index (χ1n) is 7.50. The highest BCUT2D eigenvalue weighted by Gasteiger charge is 2.13. The molecule has 4 heteroatoms. The molecule has 0 aliphatic heterocycles. The fraction of sp³-hybridized carbons (Fsp3) is 0.222. The third kappa shape index (κ3) is 3.17. The van der Waals surface area contributed by atoms with Crippen LogP contribution in [0.25, 0.3) is 11.0 Å². The van der Waals surface area contributed by atoms with Crippen LogP contribution in [-0.4, -0.2) is 27.3 Å². The quantitative estimate of drug-likeness (QED) is 0.785. The molecule has 0 aliphatic carbocycles. The van der Waals surface area contributed by atoms with Crippen molar-refractivity contribution >= 4 is 16.9 Å². The van der Waals surface area contributed by atoms with E-state index >= 15 is 0 Å². The molecule has 1 aromatic heterocycles. The topological polar surface area (TPSA) is 49.0 Å². The highest BCUT2D eigenvalue weighted by atomic mass is 16.2. The van der Waals surface area contributed by atoms with Crippen LogP contribution in [0, 0.1) is 0 Å². The number of fused-ring (bicyclic) bond motifs is 1. The van der Waals surface area contributed by atoms with E-state index in [9.17, 15) is 4.79 Å². The number of carbonyl (C=O) groups is 1. The molecule has 22 heavy (non-hydrogen) atoms. The number of likely N-dealkylation sites (N-methyl/N-ethyl adjacent to an activating group) is 1. The summed E-state index contributed by atoms with van der Waals surface area (Å²) in [6, 6.07) is 16.0. The monoisotopic (exact) mass is 293 g/mol. The molecule has 0 aliphatic rings. The summed E-state index contributed by atoms with van der Waals surface area (Å²) >= 11 is 0. The minimum Gasteiger partial charge on any atom is -0.345 e. The van der Waals surface area contributed by atoms with Gasteiger partial charge in [0.25, 0.3) is 0 Å². The van der Waals surface area contributed by atoms with E-state index in [-0.39, 0.29) is 5.91 Å². The second-order valence-corrected chi connectivity index (χ2v) is 5.32. The Morgan fingerprint density at radius 3 is 2.73 bits per heavy atom. The molecule has 112 valence electrons. The Morgan fingerprint density at radius 1 is 1.14 bits per heavy atom. The normalized spacial score (nSPS) is 10.8. The lowest BCUT2D eigenvalue weighted by Gasteiger charge is -2.21. The summed E-state index contributed by atoms with van der Waals surface area (Å²) in [7, 11) is 0. The van der Waals surface area contributed by atoms with Gasteiger partial charge in [-0.1, -0.05) is 36.4 Å². The van der Waals surface area contributed by atoms with E-state index in [1.807, 2.05) is 60.4 Å². The van der Waals surface area contributed by atoms with Gasteiger partial charge in [-0.05, 0) is 30.2 Å². The third-order valence-corrected chi connectivity index (χ3v) is 3.79. The lowest BCUT2D eigenvalue weighted by molar-refractivity contribution is -0.130. The summed E-state index contributed by atoms with van der Waals surface area (Å²) in [5, 5.41) is 0. The molecule has 0 atom stereocenters. The average Bonchev–Trinajstić information content (AvgIpc) is 3.01. The number of nitrogens with one attached hydrogen (secondary N) is 1. The summed E-state index contributed by atoms with van der Waals surface area (Å²) in [6.45, 7) is 3.38. The Hall–Kier alpha value is -2.62. The van der Waals surface area contributed by atoms with Gasteiger partial charge in [-0.25, -0.2) is 4.98 Å². The van der Waals surface area contributed by atoms with Gasteiger partial charge < -0.3 is 9.88 Å². The average molecular weight is 293 g/mol. The molecular weight excluding hydrogens is 274 g/mol. The number of aromatic nitrogens is 2. The van der Waals surface area contributed by atoms with Gasteiger partial charge in [0.15, 0.2) is 0 Å². The van der Waals surface area contributed by atoms with Crippen molar-refractivity contribution in [1.82, 2.24) is 14.9 Å². The van der Waals surface area contributed by atoms with E-state index < -0.39 is 0 Å². The van der Waals surface area contributed by atoms with E-state index in [4.69, 9.17) is 0 Å². The maximum atomic E-state index is 12.5. The van der Waals surface area contributed by atoms with Gasteiger partial charge in [0, 0.05) is 13.1 Å². The van der Waals surface area contributed by atoms with Gasteiger partial charge in [0.1, 0.15) is 0 Å². The summed E-state index contributed by atoms with van der Waals surface area (Å²) in [5.41, 5.74) is 4.05. The zero-order valence-corrected chi connectivity index (χ0v) is 12.6. The Labute approximate surface area is 129 Å². The lowest BCUT2D eigenvalue weighted by Crippen LogP contribution is -2.31. The highest BCUT2D eigenvalue weighted by Crippen LogP contribution is 2.14. The molecule has 1 heterocycles. The Morgan fingerprint density at radius 2 is 1.95 bits per heavy atom. The van der Waals surface area contributed by atoms with E-state index in [0.29, 0.717) is 19.5 Å². The minimum atomic E-state index is 0.144. The maximum Gasteiger partial charge on any atom is 0.227 e. The number of H-pyrrole nitrogens is 1. The molecule has 1 amide bonds. The molecule has 1 N–H and O–H groups in total. The Kier molecular flexibility index (Phi) is 4.19. The number of nitrogens with zero attached hydrogens (tertiary/aromatic N) is 2. The molecule has 0 spiro atoms. The van der Waals surface area contributed by atoms with Crippen LogP contribution in [0.3, 0.4) is 0 Å². The number of benzene rings is 2. The first kappa shape index (κ1) is 14.3. The van der Waals surface area contributed by atoms with Crippen LogP contribution < -0.4 is 0 Å². The number of hydrogen-bond donors (Lipinski definition) is 1. The number of carbonyl (C=O) groups excluding carboxylic acids is 1. The van der Waals surface area contributed by atoms with Gasteiger partial charge in [0.2, 0.25) is 5.91 Å². The predicted molar refractivity (Wildman–Crippen MR) is 87.3 cm³/mol. The van der Waals surface area contributed by atoms with Crippen molar-refractivity contribution in [3.63, 3.8) is 0 Å². The van der Waals surface area contributed by atoms with Gasteiger partial charge in [-0.3, -0.25) is 4.79 Å². The van der Waals surface area contributed by atoms with Gasteiger partial charge in [-0.15, -0.1) is 0 Å². The number of rotatable bonds is 5. The van der Waals surface area contributed by atoms with E-state index in [1.165, 1.54) is 0 Å². The van der Waals surface area contributed by atoms with Crippen molar-refractivity contribution in [2.75, 3.05) is 6.54 Å². The van der Waals surface area contributed by atoms with Crippen molar-refractivity contribution in [3.8, 4) is 0 Å². The Bertz CT molecular complexity index is 764. The van der Waals surface area contributed by atoms with Crippen LogP contribution in [0.2, 0.25) is 0 Å². The SMILES string of the molecule is CCN(Cc1ccccc1)C(=O)Cc1ccc2nc[nH]c2c1. The van der Waals surface area contributed by atoms with Gasteiger partial charge in [-0.2, -0.15) is 0 Å². The minimum absolute atomic E-state index is 0.144. The van der Waals surface area contributed by atoms with E-state index in [1.54, 1.807) is 6.33 Å². The molecule has 0 radical (unpaired) electrons. The molecule has 0 bridgehead atoms. The maximum absolute atomic E-state index is 12.5. The summed E-state index contributed by atoms with van der Waals surface area (Å²) in [4.78, 5) is 21.7. The van der Waals surface area contributed by atoms with Crippen molar-refractivity contribution in [2.45, 2.75) is 19.9 Å². The van der Waals surface area contributed by atoms with Crippen molar-refractivity contribution in [2.24, 2.45) is 0 Å². The smallest absolute Gasteiger partial charge is 0.227 e. The second-order valence-electron chi connectivity index (χ2n) is 5.32. The number of hydrogen-bond acceptors (Lipinski definition) is 2. The van der Waals surface area contributed by atoms with Crippen molar-refractivity contribution < 1.29 is 4.79 Å². The fourth-order valence-electron chi connectivity index (χ4n) is 2.56. The van der Waals surface area contributed by atoms with Crippen LogP contribution in [-0.2, 0) is 17.8 Å². The van der Waals surface area contributed by atoms with Crippen LogP contribution in [0.4, 0.5) is 0 Å². The Balaban J connectivity index is 1.71. The van der Waals surface area contributed by atoms with E-state index in [0.717, 1.165) is 22.2 Å². The zero-order valence-electron chi connectivity index (χ0n) is 12.6. The van der Waals surface area contributed by atoms with Crippen LogP contribution in [0.15, 0.2) is 54.9 Å². The zero-order chi connectivity index (χ0) is 15.4. The molecule has 0 unspecified atom stereocenters. The van der Waals surface area contributed by atoms with E-state index in [2.05, 4.69) is 9.97 Å². The molecule has 4 nitrogen and oxygen atoms in total. The summed E-state index contributed by atoms with van der Waals surface area (Å²) in [6.07, 6.45) is 2.08. The molecule has 0 saturated carbocycles.